The topological polar surface area (TPSA) is 32.3 Å². The van der Waals surface area contributed by atoms with Crippen molar-refractivity contribution in [3.05, 3.63) is 218 Å². The lowest BCUT2D eigenvalue weighted by atomic mass is 9.82. The fourth-order valence-electron chi connectivity index (χ4n) is 9.89. The minimum Gasteiger partial charge on any atom is -0.310 e. The van der Waals surface area contributed by atoms with Gasteiger partial charge in [0.1, 0.15) is 5.82 Å². The Morgan fingerprint density at radius 1 is 0.492 bits per heavy atom. The normalized spacial score (nSPS) is 13.2. The zero-order valence-corrected chi connectivity index (χ0v) is 33.9. The molecule has 288 valence electrons. The van der Waals surface area contributed by atoms with Crippen molar-refractivity contribution in [2.45, 2.75) is 19.3 Å². The molecule has 0 fully saturated rings. The average Bonchev–Trinajstić information content (AvgIpc) is 3.56. The van der Waals surface area contributed by atoms with Crippen LogP contribution in [0, 0.1) is 0 Å². The zero-order valence-electron chi connectivity index (χ0n) is 33.9. The molecule has 0 atom stereocenters. The highest BCUT2D eigenvalue weighted by atomic mass is 15.2. The van der Waals surface area contributed by atoms with Crippen LogP contribution in [0.2, 0.25) is 0 Å². The number of rotatable bonds is 6. The SMILES string of the molecule is CC1(C)c2ccccc2-c2c(N(c3ccc(-c4ccccc4)cc3)c3ccc(-c4ccc5c(c4)nc4c6c(nccc65)-c5ccccc5N4c4ccccc4)cc3)cccc21. The summed E-state index contributed by atoms with van der Waals surface area (Å²) in [6.07, 6.45) is 1.94. The van der Waals surface area contributed by atoms with E-state index in [1.807, 2.05) is 6.20 Å². The number of pyridine rings is 2. The molecule has 2 aliphatic rings. The van der Waals surface area contributed by atoms with Gasteiger partial charge in [-0.1, -0.05) is 153 Å². The van der Waals surface area contributed by atoms with E-state index in [1.54, 1.807) is 0 Å². The zero-order chi connectivity index (χ0) is 40.7. The number of fused-ring (bicyclic) bond motifs is 7. The summed E-state index contributed by atoms with van der Waals surface area (Å²) in [5.74, 6) is 0.900. The van der Waals surface area contributed by atoms with Crippen LogP contribution in [0.1, 0.15) is 25.0 Å². The Labute approximate surface area is 355 Å². The van der Waals surface area contributed by atoms with Crippen molar-refractivity contribution in [3.8, 4) is 44.6 Å². The maximum absolute atomic E-state index is 5.47. The number of hydrogen-bond donors (Lipinski definition) is 0. The van der Waals surface area contributed by atoms with Crippen molar-refractivity contribution in [1.82, 2.24) is 9.97 Å². The molecule has 0 bridgehead atoms. The molecule has 10 aromatic rings. The fourth-order valence-corrected chi connectivity index (χ4v) is 9.89. The summed E-state index contributed by atoms with van der Waals surface area (Å²) >= 11 is 0. The standard InChI is InChI=1S/C57H40N4/c1-57(2)48-20-11-9-18-46(48)53-49(57)21-13-23-52(53)60(42-29-24-38(25-30-42)37-14-5-3-6-15-37)43-31-26-39(27-32-43)40-28-33-44-45-34-35-58-55-47-19-10-12-22-51(47)61(41-16-7-4-8-17-41)56(54(45)55)59-50(44)36-40/h3-36H,1-2H3. The minimum absolute atomic E-state index is 0.109. The summed E-state index contributed by atoms with van der Waals surface area (Å²) in [5.41, 5.74) is 18.4. The molecule has 4 nitrogen and oxygen atoms in total. The van der Waals surface area contributed by atoms with Gasteiger partial charge in [-0.2, -0.15) is 0 Å². The van der Waals surface area contributed by atoms with Crippen LogP contribution in [0.5, 0.6) is 0 Å². The van der Waals surface area contributed by atoms with E-state index in [1.165, 1.54) is 39.1 Å². The molecule has 3 heterocycles. The molecule has 0 unspecified atom stereocenters. The van der Waals surface area contributed by atoms with Crippen LogP contribution in [-0.4, -0.2) is 9.97 Å². The molecule has 61 heavy (non-hydrogen) atoms. The summed E-state index contributed by atoms with van der Waals surface area (Å²) < 4.78 is 0. The lowest BCUT2D eigenvalue weighted by Crippen LogP contribution is -2.17. The number of nitrogens with zero attached hydrogens (tertiary/aromatic N) is 4. The molecule has 0 spiro atoms. The van der Waals surface area contributed by atoms with Crippen LogP contribution < -0.4 is 9.80 Å². The molecule has 8 aromatic carbocycles. The highest BCUT2D eigenvalue weighted by Crippen LogP contribution is 2.55. The Balaban J connectivity index is 0.989. The van der Waals surface area contributed by atoms with Crippen molar-refractivity contribution in [3.63, 3.8) is 0 Å². The Kier molecular flexibility index (Phi) is 7.85. The molecule has 4 heteroatoms. The van der Waals surface area contributed by atoms with Crippen LogP contribution in [0.3, 0.4) is 0 Å². The van der Waals surface area contributed by atoms with Crippen LogP contribution >= 0.6 is 0 Å². The van der Waals surface area contributed by atoms with Gasteiger partial charge in [0.25, 0.3) is 0 Å². The van der Waals surface area contributed by atoms with Gasteiger partial charge in [-0.25, -0.2) is 4.98 Å². The van der Waals surface area contributed by atoms with Gasteiger partial charge in [0.05, 0.1) is 28.0 Å². The van der Waals surface area contributed by atoms with Crippen LogP contribution in [0.25, 0.3) is 66.3 Å². The van der Waals surface area contributed by atoms with Gasteiger partial charge in [-0.3, -0.25) is 9.88 Å². The van der Waals surface area contributed by atoms with Gasteiger partial charge < -0.3 is 4.90 Å². The third-order valence-corrected chi connectivity index (χ3v) is 12.8. The maximum atomic E-state index is 5.47. The van der Waals surface area contributed by atoms with Gasteiger partial charge >= 0.3 is 0 Å². The first-order chi connectivity index (χ1) is 30.0. The second-order valence-corrected chi connectivity index (χ2v) is 16.6. The van der Waals surface area contributed by atoms with Crippen molar-refractivity contribution < 1.29 is 0 Å². The van der Waals surface area contributed by atoms with E-state index in [-0.39, 0.29) is 5.41 Å². The first kappa shape index (κ1) is 35.2. The number of anilines is 6. The predicted molar refractivity (Wildman–Crippen MR) is 254 cm³/mol. The van der Waals surface area contributed by atoms with Crippen molar-refractivity contribution in [2.75, 3.05) is 9.80 Å². The van der Waals surface area contributed by atoms with E-state index in [0.717, 1.165) is 72.6 Å². The second kappa shape index (κ2) is 13.6. The third kappa shape index (κ3) is 5.46. The van der Waals surface area contributed by atoms with E-state index in [9.17, 15) is 0 Å². The molecule has 0 saturated carbocycles. The van der Waals surface area contributed by atoms with Crippen LogP contribution in [-0.2, 0) is 5.41 Å². The van der Waals surface area contributed by atoms with Gasteiger partial charge in [-0.15, -0.1) is 0 Å². The Bertz CT molecular complexity index is 3320. The van der Waals surface area contributed by atoms with Gasteiger partial charge in [0.15, 0.2) is 0 Å². The van der Waals surface area contributed by atoms with Crippen molar-refractivity contribution in [1.29, 1.82) is 0 Å². The highest BCUT2D eigenvalue weighted by Gasteiger charge is 2.38. The lowest BCUT2D eigenvalue weighted by Gasteiger charge is -2.32. The Morgan fingerprint density at radius 3 is 1.85 bits per heavy atom. The average molecular weight is 781 g/mol. The molecule has 12 rings (SSSR count). The second-order valence-electron chi connectivity index (χ2n) is 16.6. The van der Waals surface area contributed by atoms with Gasteiger partial charge in [-0.05, 0) is 105 Å². The summed E-state index contributed by atoms with van der Waals surface area (Å²) in [7, 11) is 0. The van der Waals surface area contributed by atoms with E-state index >= 15 is 0 Å². The summed E-state index contributed by atoms with van der Waals surface area (Å²) in [6.45, 7) is 4.69. The van der Waals surface area contributed by atoms with E-state index < -0.39 is 0 Å². The first-order valence-electron chi connectivity index (χ1n) is 21.0. The number of benzene rings is 8. The van der Waals surface area contributed by atoms with Crippen LogP contribution in [0.15, 0.2) is 206 Å². The van der Waals surface area contributed by atoms with Crippen molar-refractivity contribution >= 4 is 55.9 Å². The Hall–Kier alpha value is -7.82. The lowest BCUT2D eigenvalue weighted by molar-refractivity contribution is 0.660. The van der Waals surface area contributed by atoms with E-state index in [4.69, 9.17) is 9.97 Å². The molecule has 0 amide bonds. The molecule has 1 aliphatic carbocycles. The molecule has 2 aromatic heterocycles. The Morgan fingerprint density at radius 2 is 1.10 bits per heavy atom. The number of hydrogen-bond acceptors (Lipinski definition) is 4. The van der Waals surface area contributed by atoms with Crippen LogP contribution in [0.4, 0.5) is 34.3 Å². The molecule has 1 aliphatic heterocycles. The monoisotopic (exact) mass is 780 g/mol. The highest BCUT2D eigenvalue weighted by molar-refractivity contribution is 6.19. The molecule has 0 radical (unpaired) electrons. The largest absolute Gasteiger partial charge is 0.310 e. The smallest absolute Gasteiger partial charge is 0.148 e. The summed E-state index contributed by atoms with van der Waals surface area (Å²) in [4.78, 5) is 15.1. The number of para-hydroxylation sites is 2. The van der Waals surface area contributed by atoms with E-state index in [0.29, 0.717) is 0 Å². The third-order valence-electron chi connectivity index (χ3n) is 12.8. The minimum atomic E-state index is -0.109. The van der Waals surface area contributed by atoms with Gasteiger partial charge in [0.2, 0.25) is 0 Å². The maximum Gasteiger partial charge on any atom is 0.148 e. The van der Waals surface area contributed by atoms with Gasteiger partial charge in [0, 0.05) is 45.2 Å². The summed E-state index contributed by atoms with van der Waals surface area (Å²) in [5, 5.41) is 3.34. The fraction of sp³-hybridized carbons (Fsp3) is 0.0526. The van der Waals surface area contributed by atoms with Crippen molar-refractivity contribution in [2.24, 2.45) is 0 Å². The quantitative estimate of drug-likeness (QED) is 0.157. The van der Waals surface area contributed by atoms with E-state index in [2.05, 4.69) is 224 Å². The molecular weight excluding hydrogens is 741 g/mol. The molecular formula is C57H40N4. The predicted octanol–water partition coefficient (Wildman–Crippen LogP) is 15.3. The first-order valence-corrected chi connectivity index (χ1v) is 21.0. The summed E-state index contributed by atoms with van der Waals surface area (Å²) in [6, 6.07) is 72.2. The number of aromatic nitrogens is 2. The molecule has 0 saturated heterocycles. The molecule has 0 N–H and O–H groups in total.